The highest BCUT2D eigenvalue weighted by Crippen LogP contribution is 2.28. The molecule has 1 aliphatic rings. The topological polar surface area (TPSA) is 86.8 Å². The number of anilines is 1. The molecule has 35 heavy (non-hydrogen) atoms. The summed E-state index contributed by atoms with van der Waals surface area (Å²) < 4.78 is 42.6. The Morgan fingerprint density at radius 1 is 1.17 bits per heavy atom. The number of carbonyl (C=O) groups excluding carboxylic acids is 1. The molecule has 180 valence electrons. The highest BCUT2D eigenvalue weighted by molar-refractivity contribution is 6.31. The van der Waals surface area contributed by atoms with Crippen LogP contribution in [0, 0.1) is 23.4 Å². The van der Waals surface area contributed by atoms with Crippen molar-refractivity contribution >= 4 is 34.4 Å². The van der Waals surface area contributed by atoms with Gasteiger partial charge in [-0.15, -0.1) is 0 Å². The molecular formula is C24H20ClF3N6O. The summed E-state index contributed by atoms with van der Waals surface area (Å²) in [6.07, 6.45) is 5.70. The maximum absolute atomic E-state index is 14.5. The number of fused-ring (bicyclic) bond motifs is 1. The number of nitrogens with zero attached hydrogens (tertiary/aromatic N) is 4. The van der Waals surface area contributed by atoms with Crippen LogP contribution in [0.3, 0.4) is 0 Å². The zero-order valence-corrected chi connectivity index (χ0v) is 19.1. The number of aromatic amines is 1. The zero-order chi connectivity index (χ0) is 24.5. The van der Waals surface area contributed by atoms with Gasteiger partial charge in [0.15, 0.2) is 17.5 Å². The quantitative estimate of drug-likeness (QED) is 0.400. The van der Waals surface area contributed by atoms with Crippen LogP contribution in [0.1, 0.15) is 23.2 Å². The number of H-pyrrole nitrogens is 1. The van der Waals surface area contributed by atoms with Crippen molar-refractivity contribution in [1.29, 1.82) is 0 Å². The molecule has 4 heterocycles. The van der Waals surface area contributed by atoms with Crippen molar-refractivity contribution in [3.05, 3.63) is 70.9 Å². The van der Waals surface area contributed by atoms with Crippen LogP contribution in [-0.2, 0) is 0 Å². The van der Waals surface area contributed by atoms with Gasteiger partial charge in [-0.25, -0.2) is 28.1 Å². The average molecular weight is 501 g/mol. The molecule has 1 aromatic carbocycles. The first kappa shape index (κ1) is 23.1. The Bertz CT molecular complexity index is 1390. The predicted octanol–water partition coefficient (Wildman–Crippen LogP) is 5.05. The fourth-order valence-corrected chi connectivity index (χ4v) is 4.46. The lowest BCUT2D eigenvalue weighted by Crippen LogP contribution is -2.42. The van der Waals surface area contributed by atoms with E-state index in [0.717, 1.165) is 24.8 Å². The minimum absolute atomic E-state index is 0.0166. The summed E-state index contributed by atoms with van der Waals surface area (Å²) in [5, 5.41) is 4.16. The summed E-state index contributed by atoms with van der Waals surface area (Å²) in [5.74, 6) is -2.84. The molecule has 2 N–H and O–H groups in total. The van der Waals surface area contributed by atoms with Crippen LogP contribution in [0.5, 0.6) is 0 Å². The van der Waals surface area contributed by atoms with E-state index in [1.54, 1.807) is 12.3 Å². The Hall–Kier alpha value is -3.66. The van der Waals surface area contributed by atoms with Gasteiger partial charge >= 0.3 is 0 Å². The molecule has 3 aromatic heterocycles. The van der Waals surface area contributed by atoms with Crippen molar-refractivity contribution in [3.63, 3.8) is 0 Å². The fourth-order valence-electron chi connectivity index (χ4n) is 4.30. The van der Waals surface area contributed by atoms with Crippen LogP contribution in [-0.4, -0.2) is 50.4 Å². The molecule has 1 amide bonds. The lowest BCUT2D eigenvalue weighted by atomic mass is 9.97. The highest BCUT2D eigenvalue weighted by Gasteiger charge is 2.28. The van der Waals surface area contributed by atoms with Crippen LogP contribution in [0.2, 0.25) is 5.02 Å². The highest BCUT2D eigenvalue weighted by atomic mass is 35.5. The van der Waals surface area contributed by atoms with E-state index in [0.29, 0.717) is 47.0 Å². The second-order valence-electron chi connectivity index (χ2n) is 8.38. The maximum atomic E-state index is 14.5. The number of amides is 1. The van der Waals surface area contributed by atoms with Crippen molar-refractivity contribution in [2.75, 3.05) is 25.0 Å². The third-order valence-corrected chi connectivity index (χ3v) is 6.23. The summed E-state index contributed by atoms with van der Waals surface area (Å²) in [6.45, 7) is 0.996. The van der Waals surface area contributed by atoms with Gasteiger partial charge in [0.1, 0.15) is 22.8 Å². The second kappa shape index (κ2) is 9.53. The number of likely N-dealkylation sites (tertiary alicyclic amines) is 1. The molecule has 0 unspecified atom stereocenters. The van der Waals surface area contributed by atoms with Gasteiger partial charge in [-0.2, -0.15) is 0 Å². The van der Waals surface area contributed by atoms with E-state index in [1.807, 2.05) is 0 Å². The van der Waals surface area contributed by atoms with Crippen LogP contribution in [0.25, 0.3) is 22.4 Å². The molecule has 0 spiro atoms. The molecule has 1 saturated heterocycles. The summed E-state index contributed by atoms with van der Waals surface area (Å²) in [6, 6.07) is 5.07. The number of pyridine rings is 1. The van der Waals surface area contributed by atoms with Gasteiger partial charge in [0.25, 0.3) is 5.91 Å². The van der Waals surface area contributed by atoms with Crippen LogP contribution in [0.4, 0.5) is 19.0 Å². The molecule has 1 atom stereocenters. The molecule has 0 saturated carbocycles. The third-order valence-electron chi connectivity index (χ3n) is 6.02. The third kappa shape index (κ3) is 4.66. The Morgan fingerprint density at radius 2 is 1.97 bits per heavy atom. The van der Waals surface area contributed by atoms with Gasteiger partial charge in [-0.1, -0.05) is 17.7 Å². The zero-order valence-electron chi connectivity index (χ0n) is 18.4. The first-order valence-electron chi connectivity index (χ1n) is 11.0. The first-order chi connectivity index (χ1) is 16.9. The van der Waals surface area contributed by atoms with Gasteiger partial charge in [0.05, 0.1) is 11.2 Å². The van der Waals surface area contributed by atoms with E-state index in [4.69, 9.17) is 11.6 Å². The van der Waals surface area contributed by atoms with Crippen LogP contribution < -0.4 is 5.32 Å². The number of benzene rings is 1. The molecule has 1 fully saturated rings. The molecule has 0 radical (unpaired) electrons. The van der Waals surface area contributed by atoms with Crippen molar-refractivity contribution in [2.24, 2.45) is 5.92 Å². The number of rotatable bonds is 5. The van der Waals surface area contributed by atoms with E-state index in [9.17, 15) is 18.0 Å². The number of hydrogen-bond donors (Lipinski definition) is 2. The second-order valence-corrected chi connectivity index (χ2v) is 8.82. The smallest absolute Gasteiger partial charge is 0.259 e. The van der Waals surface area contributed by atoms with Crippen molar-refractivity contribution in [1.82, 2.24) is 24.8 Å². The van der Waals surface area contributed by atoms with E-state index < -0.39 is 28.9 Å². The number of hydrogen-bond acceptors (Lipinski definition) is 5. The van der Waals surface area contributed by atoms with Crippen molar-refractivity contribution in [2.45, 2.75) is 12.8 Å². The molecule has 0 aliphatic carbocycles. The van der Waals surface area contributed by atoms with E-state index in [2.05, 4.69) is 25.3 Å². The summed E-state index contributed by atoms with van der Waals surface area (Å²) in [5.41, 5.74) is 0.672. The van der Waals surface area contributed by atoms with Gasteiger partial charge < -0.3 is 15.2 Å². The molecule has 0 bridgehead atoms. The standard InChI is InChI=1S/C24H20ClF3N6O/c25-14-7-15-16(10-31-21(15)30-9-14)22-32-11-19(28)23(33-22)29-8-13-3-2-6-34(12-13)24(35)20-17(26)4-1-5-18(20)27/h1,4-5,7,9-11,13H,2-3,6,8,12H2,(H,30,31)(H,29,32,33)/t13-/m1/s1. The van der Waals surface area contributed by atoms with Gasteiger partial charge in [-0.3, -0.25) is 4.79 Å². The lowest BCUT2D eigenvalue weighted by molar-refractivity contribution is 0.0670. The molecule has 1 aliphatic heterocycles. The van der Waals surface area contributed by atoms with Crippen molar-refractivity contribution < 1.29 is 18.0 Å². The molecule has 4 aromatic rings. The first-order valence-corrected chi connectivity index (χ1v) is 11.4. The Kier molecular flexibility index (Phi) is 6.29. The lowest BCUT2D eigenvalue weighted by Gasteiger charge is -2.33. The largest absolute Gasteiger partial charge is 0.367 e. The van der Waals surface area contributed by atoms with Crippen molar-refractivity contribution in [3.8, 4) is 11.4 Å². The molecule has 11 heteroatoms. The monoisotopic (exact) mass is 500 g/mol. The van der Waals surface area contributed by atoms with Crippen LogP contribution >= 0.6 is 11.6 Å². The molecular weight excluding hydrogens is 481 g/mol. The number of piperidine rings is 1. The van der Waals surface area contributed by atoms with Crippen LogP contribution in [0.15, 0.2) is 42.9 Å². The van der Waals surface area contributed by atoms with E-state index in [-0.39, 0.29) is 18.3 Å². The Morgan fingerprint density at radius 3 is 2.77 bits per heavy atom. The summed E-state index contributed by atoms with van der Waals surface area (Å²) in [4.78, 5) is 29.8. The number of nitrogens with one attached hydrogen (secondary N) is 2. The minimum Gasteiger partial charge on any atom is -0.367 e. The summed E-state index contributed by atoms with van der Waals surface area (Å²) >= 11 is 6.06. The predicted molar refractivity (Wildman–Crippen MR) is 126 cm³/mol. The maximum Gasteiger partial charge on any atom is 0.259 e. The van der Waals surface area contributed by atoms with Gasteiger partial charge in [0.2, 0.25) is 0 Å². The molecule has 5 rings (SSSR count). The number of halogens is 4. The Labute approximate surface area is 203 Å². The average Bonchev–Trinajstić information content (AvgIpc) is 3.26. The molecule has 7 nitrogen and oxygen atoms in total. The van der Waals surface area contributed by atoms with Gasteiger partial charge in [-0.05, 0) is 37.0 Å². The van der Waals surface area contributed by atoms with Gasteiger partial charge in [0, 0.05) is 43.0 Å². The number of carbonyl (C=O) groups is 1. The SMILES string of the molecule is O=C(c1c(F)cccc1F)N1CCC[C@H](CNc2nc(-c3c[nH]c4ncc(Cl)cc34)ncc2F)C1. The fraction of sp³-hybridized carbons (Fsp3) is 0.250. The number of aromatic nitrogens is 4. The summed E-state index contributed by atoms with van der Waals surface area (Å²) in [7, 11) is 0. The Balaban J connectivity index is 1.30. The van der Waals surface area contributed by atoms with E-state index >= 15 is 0 Å². The minimum atomic E-state index is -0.889. The van der Waals surface area contributed by atoms with E-state index in [1.165, 1.54) is 17.2 Å². The normalized spacial score (nSPS) is 16.0.